The Kier molecular flexibility index (Phi) is 4.57. The zero-order valence-electron chi connectivity index (χ0n) is 12.6. The van der Waals surface area contributed by atoms with E-state index in [-0.39, 0.29) is 24.4 Å². The Hall–Kier alpha value is -2.40. The van der Waals surface area contributed by atoms with E-state index in [9.17, 15) is 14.3 Å². The number of benzene rings is 2. The van der Waals surface area contributed by atoms with Gasteiger partial charge in [0.05, 0.1) is 6.61 Å². The highest BCUT2D eigenvalue weighted by Gasteiger charge is 2.28. The van der Waals surface area contributed by atoms with Crippen molar-refractivity contribution < 1.29 is 14.3 Å². The lowest BCUT2D eigenvalue weighted by Crippen LogP contribution is -2.34. The number of anilines is 1. The molecule has 5 heteroatoms. The molecule has 23 heavy (non-hydrogen) atoms. The Morgan fingerprint density at radius 3 is 2.61 bits per heavy atom. The van der Waals surface area contributed by atoms with E-state index in [0.29, 0.717) is 5.56 Å². The maximum absolute atomic E-state index is 13.1. The van der Waals surface area contributed by atoms with Crippen molar-refractivity contribution in [2.24, 2.45) is 0 Å². The largest absolute Gasteiger partial charge is 0.392 e. The average Bonchev–Trinajstić information content (AvgIpc) is 3.37. The third-order valence-corrected chi connectivity index (χ3v) is 3.81. The van der Waals surface area contributed by atoms with Crippen LogP contribution in [0.5, 0.6) is 0 Å². The molecule has 2 aromatic rings. The highest BCUT2D eigenvalue weighted by Crippen LogP contribution is 2.24. The molecule has 0 heterocycles. The van der Waals surface area contributed by atoms with Gasteiger partial charge in [0.15, 0.2) is 0 Å². The molecule has 4 nitrogen and oxygen atoms in total. The van der Waals surface area contributed by atoms with Gasteiger partial charge in [-0.2, -0.15) is 0 Å². The van der Waals surface area contributed by atoms with Crippen LogP contribution in [0.4, 0.5) is 10.1 Å². The molecule has 0 aromatic heterocycles. The van der Waals surface area contributed by atoms with Crippen LogP contribution in [0, 0.1) is 5.82 Å². The van der Waals surface area contributed by atoms with Crippen LogP contribution in [0.2, 0.25) is 0 Å². The number of carbonyl (C=O) groups is 1. The SMILES string of the molecule is O=C(NC1CC1)C(Nc1cccc(CO)c1)c1ccc(F)cc1. The normalized spacial score (nSPS) is 15.0. The summed E-state index contributed by atoms with van der Waals surface area (Å²) in [5, 5.41) is 15.4. The molecule has 1 aliphatic rings. The Balaban J connectivity index is 1.83. The third-order valence-electron chi connectivity index (χ3n) is 3.81. The van der Waals surface area contributed by atoms with Crippen LogP contribution in [0.1, 0.15) is 30.0 Å². The van der Waals surface area contributed by atoms with Crippen molar-refractivity contribution in [1.82, 2.24) is 5.32 Å². The minimum atomic E-state index is -0.606. The monoisotopic (exact) mass is 314 g/mol. The fourth-order valence-corrected chi connectivity index (χ4v) is 2.39. The fourth-order valence-electron chi connectivity index (χ4n) is 2.39. The van der Waals surface area contributed by atoms with Gasteiger partial charge in [-0.1, -0.05) is 24.3 Å². The van der Waals surface area contributed by atoms with Gasteiger partial charge < -0.3 is 15.7 Å². The van der Waals surface area contributed by atoms with E-state index >= 15 is 0 Å². The third kappa shape index (κ3) is 4.07. The highest BCUT2D eigenvalue weighted by atomic mass is 19.1. The molecule has 120 valence electrons. The molecule has 0 radical (unpaired) electrons. The standard InChI is InChI=1S/C18H19FN2O2/c19-14-6-4-13(5-7-14)17(18(23)21-15-8-9-15)20-16-3-1-2-12(10-16)11-22/h1-7,10,15,17,20,22H,8-9,11H2,(H,21,23). The molecular formula is C18H19FN2O2. The molecule has 0 saturated heterocycles. The fraction of sp³-hybridized carbons (Fsp3) is 0.278. The van der Waals surface area contributed by atoms with Gasteiger partial charge in [-0.25, -0.2) is 4.39 Å². The second-order valence-corrected chi connectivity index (χ2v) is 5.77. The number of rotatable bonds is 6. The number of nitrogens with one attached hydrogen (secondary N) is 2. The van der Waals surface area contributed by atoms with Crippen molar-refractivity contribution in [2.45, 2.75) is 31.5 Å². The molecule has 1 saturated carbocycles. The molecule has 0 spiro atoms. The summed E-state index contributed by atoms with van der Waals surface area (Å²) in [5.41, 5.74) is 2.19. The average molecular weight is 314 g/mol. The maximum Gasteiger partial charge on any atom is 0.247 e. The lowest BCUT2D eigenvalue weighted by Gasteiger charge is -2.20. The van der Waals surface area contributed by atoms with Gasteiger partial charge in [0.25, 0.3) is 0 Å². The van der Waals surface area contributed by atoms with Gasteiger partial charge in [-0.05, 0) is 48.2 Å². The van der Waals surface area contributed by atoms with Crippen LogP contribution in [0.25, 0.3) is 0 Å². The first-order valence-corrected chi connectivity index (χ1v) is 7.68. The van der Waals surface area contributed by atoms with Crippen molar-refractivity contribution in [3.8, 4) is 0 Å². The second-order valence-electron chi connectivity index (χ2n) is 5.77. The van der Waals surface area contributed by atoms with Crippen molar-refractivity contribution in [3.63, 3.8) is 0 Å². The summed E-state index contributed by atoms with van der Waals surface area (Å²) < 4.78 is 13.1. The number of amides is 1. The summed E-state index contributed by atoms with van der Waals surface area (Å²) >= 11 is 0. The van der Waals surface area contributed by atoms with Crippen LogP contribution < -0.4 is 10.6 Å². The van der Waals surface area contributed by atoms with Crippen LogP contribution in [0.3, 0.4) is 0 Å². The molecule has 1 fully saturated rings. The van der Waals surface area contributed by atoms with Gasteiger partial charge in [-0.3, -0.25) is 4.79 Å². The van der Waals surface area contributed by atoms with Gasteiger partial charge in [0, 0.05) is 11.7 Å². The van der Waals surface area contributed by atoms with Gasteiger partial charge in [0.1, 0.15) is 11.9 Å². The second kappa shape index (κ2) is 6.79. The van der Waals surface area contributed by atoms with E-state index in [4.69, 9.17) is 0 Å². The zero-order chi connectivity index (χ0) is 16.2. The Bertz CT molecular complexity index is 684. The number of hydrogen-bond donors (Lipinski definition) is 3. The van der Waals surface area contributed by atoms with Crippen molar-refractivity contribution in [2.75, 3.05) is 5.32 Å². The summed E-state index contributed by atoms with van der Waals surface area (Å²) in [6.07, 6.45) is 2.00. The molecular weight excluding hydrogens is 295 g/mol. The van der Waals surface area contributed by atoms with Crippen molar-refractivity contribution in [1.29, 1.82) is 0 Å². The Labute approximate surface area is 134 Å². The molecule has 0 bridgehead atoms. The molecule has 1 amide bonds. The minimum absolute atomic E-state index is 0.0645. The minimum Gasteiger partial charge on any atom is -0.392 e. The van der Waals surface area contributed by atoms with Crippen LogP contribution in [-0.2, 0) is 11.4 Å². The molecule has 2 aromatic carbocycles. The Morgan fingerprint density at radius 1 is 1.22 bits per heavy atom. The molecule has 1 atom stereocenters. The van der Waals surface area contributed by atoms with E-state index < -0.39 is 6.04 Å². The summed E-state index contributed by atoms with van der Waals surface area (Å²) in [5.74, 6) is -0.467. The van der Waals surface area contributed by atoms with Crippen LogP contribution in [0.15, 0.2) is 48.5 Å². The summed E-state index contributed by atoms with van der Waals surface area (Å²) in [4.78, 5) is 12.5. The first-order valence-electron chi connectivity index (χ1n) is 7.68. The number of aliphatic hydroxyl groups excluding tert-OH is 1. The zero-order valence-corrected chi connectivity index (χ0v) is 12.6. The molecule has 1 aliphatic carbocycles. The number of carbonyl (C=O) groups excluding carboxylic acids is 1. The van der Waals surface area contributed by atoms with E-state index in [2.05, 4.69) is 10.6 Å². The summed E-state index contributed by atoms with van der Waals surface area (Å²) in [7, 11) is 0. The van der Waals surface area contributed by atoms with Gasteiger partial charge in [0.2, 0.25) is 5.91 Å². The Morgan fingerprint density at radius 2 is 1.96 bits per heavy atom. The molecule has 0 aliphatic heterocycles. The summed E-state index contributed by atoms with van der Waals surface area (Å²) in [6.45, 7) is -0.0645. The first kappa shape index (κ1) is 15.5. The highest BCUT2D eigenvalue weighted by molar-refractivity contribution is 5.86. The number of aliphatic hydroxyl groups is 1. The first-order chi connectivity index (χ1) is 11.2. The summed E-state index contributed by atoms with van der Waals surface area (Å²) in [6, 6.07) is 12.8. The van der Waals surface area contributed by atoms with Crippen LogP contribution in [-0.4, -0.2) is 17.1 Å². The maximum atomic E-state index is 13.1. The van der Waals surface area contributed by atoms with E-state index in [1.807, 2.05) is 18.2 Å². The van der Waals surface area contributed by atoms with E-state index in [1.165, 1.54) is 12.1 Å². The van der Waals surface area contributed by atoms with Crippen LogP contribution >= 0.6 is 0 Å². The van der Waals surface area contributed by atoms with Gasteiger partial charge >= 0.3 is 0 Å². The van der Waals surface area contributed by atoms with Crippen molar-refractivity contribution >= 4 is 11.6 Å². The number of halogens is 1. The predicted octanol–water partition coefficient (Wildman–Crippen LogP) is 2.75. The molecule has 3 rings (SSSR count). The molecule has 3 N–H and O–H groups in total. The topological polar surface area (TPSA) is 61.4 Å². The predicted molar refractivity (Wildman–Crippen MR) is 86.3 cm³/mol. The number of hydrogen-bond acceptors (Lipinski definition) is 3. The lowest BCUT2D eigenvalue weighted by molar-refractivity contribution is -0.122. The molecule has 1 unspecified atom stereocenters. The van der Waals surface area contributed by atoms with Gasteiger partial charge in [-0.15, -0.1) is 0 Å². The van der Waals surface area contributed by atoms with E-state index in [0.717, 1.165) is 24.1 Å². The van der Waals surface area contributed by atoms with E-state index in [1.54, 1.807) is 18.2 Å². The smallest absolute Gasteiger partial charge is 0.247 e. The quantitative estimate of drug-likeness (QED) is 0.768. The lowest BCUT2D eigenvalue weighted by atomic mass is 10.0. The van der Waals surface area contributed by atoms with Crippen molar-refractivity contribution in [3.05, 3.63) is 65.5 Å².